The summed E-state index contributed by atoms with van der Waals surface area (Å²) in [5.74, 6) is -1.97. The zero-order chi connectivity index (χ0) is 20.3. The van der Waals surface area contributed by atoms with Crippen molar-refractivity contribution in [3.05, 3.63) is 65.2 Å². The topological polar surface area (TPSA) is 111 Å². The van der Waals surface area contributed by atoms with E-state index in [1.54, 1.807) is 37.3 Å². The van der Waals surface area contributed by atoms with Crippen LogP contribution in [0, 0.1) is 11.3 Å². The second-order valence-corrected chi connectivity index (χ2v) is 6.11. The number of rotatable bonds is 5. The van der Waals surface area contributed by atoms with Crippen molar-refractivity contribution in [1.29, 1.82) is 5.26 Å². The molecule has 142 valence electrons. The van der Waals surface area contributed by atoms with Gasteiger partial charge in [0, 0.05) is 5.56 Å². The van der Waals surface area contributed by atoms with Gasteiger partial charge in [-0.2, -0.15) is 5.26 Å². The first-order valence-corrected chi connectivity index (χ1v) is 8.66. The van der Waals surface area contributed by atoms with E-state index in [2.05, 4.69) is 0 Å². The van der Waals surface area contributed by atoms with Crippen LogP contribution in [0.15, 0.2) is 54.1 Å². The minimum Gasteiger partial charge on any atom is -0.507 e. The molecule has 1 saturated heterocycles. The number of nitrogens with zero attached hydrogens (tertiary/aromatic N) is 2. The molecule has 0 radical (unpaired) electrons. The number of ether oxygens (including phenoxy) is 1. The molecule has 0 aliphatic carbocycles. The van der Waals surface area contributed by atoms with Crippen LogP contribution in [-0.4, -0.2) is 40.0 Å². The van der Waals surface area contributed by atoms with Crippen LogP contribution < -0.4 is 4.74 Å². The molecule has 7 nitrogen and oxygen atoms in total. The van der Waals surface area contributed by atoms with E-state index in [0.717, 1.165) is 4.90 Å². The number of aromatic hydroxyl groups is 1. The summed E-state index contributed by atoms with van der Waals surface area (Å²) in [6, 6.07) is 13.7. The van der Waals surface area contributed by atoms with Gasteiger partial charge in [0.15, 0.2) is 11.5 Å². The first-order valence-electron chi connectivity index (χ1n) is 8.66. The zero-order valence-corrected chi connectivity index (χ0v) is 15.1. The summed E-state index contributed by atoms with van der Waals surface area (Å²) < 4.78 is 5.38. The molecule has 28 heavy (non-hydrogen) atoms. The van der Waals surface area contributed by atoms with E-state index in [-0.39, 0.29) is 29.4 Å². The maximum atomic E-state index is 12.7. The Hall–Kier alpha value is -3.79. The third-order valence-corrected chi connectivity index (χ3v) is 4.43. The van der Waals surface area contributed by atoms with Gasteiger partial charge in [0.25, 0.3) is 11.7 Å². The number of hydrogen-bond donors (Lipinski definition) is 2. The summed E-state index contributed by atoms with van der Waals surface area (Å²) in [6.07, 6.45) is 0. The van der Waals surface area contributed by atoms with Gasteiger partial charge in [-0.05, 0) is 24.6 Å². The van der Waals surface area contributed by atoms with Crippen LogP contribution in [-0.2, 0) is 9.59 Å². The van der Waals surface area contributed by atoms with Crippen LogP contribution in [0.25, 0.3) is 5.76 Å². The third-order valence-electron chi connectivity index (χ3n) is 4.43. The first-order chi connectivity index (χ1) is 13.5. The Kier molecular flexibility index (Phi) is 5.32. The number of amides is 1. The Morgan fingerprint density at radius 2 is 1.93 bits per heavy atom. The van der Waals surface area contributed by atoms with Gasteiger partial charge >= 0.3 is 0 Å². The summed E-state index contributed by atoms with van der Waals surface area (Å²) in [6.45, 7) is 1.73. The van der Waals surface area contributed by atoms with Gasteiger partial charge in [-0.3, -0.25) is 9.59 Å². The number of nitriles is 1. The fourth-order valence-corrected chi connectivity index (χ4v) is 3.19. The van der Waals surface area contributed by atoms with Gasteiger partial charge in [-0.25, -0.2) is 0 Å². The number of carbonyl (C=O) groups excluding carboxylic acids is 2. The number of phenolic OH excluding ortho intramolecular Hbond substituents is 1. The molecule has 0 unspecified atom stereocenters. The Morgan fingerprint density at radius 3 is 2.57 bits per heavy atom. The molecule has 1 fully saturated rings. The van der Waals surface area contributed by atoms with Crippen molar-refractivity contribution in [1.82, 2.24) is 4.90 Å². The quantitative estimate of drug-likeness (QED) is 0.358. The molecule has 2 aromatic rings. The zero-order valence-electron chi connectivity index (χ0n) is 15.1. The molecule has 1 aliphatic heterocycles. The minimum atomic E-state index is -0.973. The molecular formula is C21H18N2O5. The Labute approximate surface area is 161 Å². The molecule has 2 N–H and O–H groups in total. The molecule has 0 saturated carbocycles. The van der Waals surface area contributed by atoms with Crippen LogP contribution in [0.4, 0.5) is 0 Å². The number of phenols is 1. The number of ketones is 1. The molecule has 1 heterocycles. The lowest BCUT2D eigenvalue weighted by Gasteiger charge is -2.23. The van der Waals surface area contributed by atoms with Gasteiger partial charge in [-0.15, -0.1) is 0 Å². The van der Waals surface area contributed by atoms with Crippen molar-refractivity contribution in [2.75, 3.05) is 13.2 Å². The molecule has 0 spiro atoms. The second kappa shape index (κ2) is 7.84. The van der Waals surface area contributed by atoms with Gasteiger partial charge in [0.2, 0.25) is 0 Å². The standard InChI is InChI=1S/C21H18N2O5/c1-2-28-16-12-14(8-9-15(16)24)18-17(19(25)13-6-4-3-5-7-13)20(26)21(27)23(18)11-10-22/h3-9,12,18,24-25H,2,11H2,1H3/t18-/m1/s1. The number of aliphatic hydroxyl groups excluding tert-OH is 1. The molecule has 7 heteroatoms. The molecule has 1 atom stereocenters. The Bertz CT molecular complexity index is 992. The molecule has 1 amide bonds. The van der Waals surface area contributed by atoms with Crippen molar-refractivity contribution in [2.45, 2.75) is 13.0 Å². The SMILES string of the molecule is CCOc1cc([C@@H]2C(=C(O)c3ccccc3)C(=O)C(=O)N2CC#N)ccc1O. The fraction of sp³-hybridized carbons (Fsp3) is 0.190. The summed E-state index contributed by atoms with van der Waals surface area (Å²) >= 11 is 0. The van der Waals surface area contributed by atoms with Gasteiger partial charge in [0.1, 0.15) is 12.3 Å². The second-order valence-electron chi connectivity index (χ2n) is 6.11. The molecule has 2 aromatic carbocycles. The van der Waals surface area contributed by atoms with Crippen molar-refractivity contribution >= 4 is 17.4 Å². The van der Waals surface area contributed by atoms with Crippen LogP contribution in [0.2, 0.25) is 0 Å². The maximum Gasteiger partial charge on any atom is 0.296 e. The maximum absolute atomic E-state index is 12.7. The van der Waals surface area contributed by atoms with E-state index in [1.807, 2.05) is 6.07 Å². The van der Waals surface area contributed by atoms with Crippen molar-refractivity contribution in [3.8, 4) is 17.6 Å². The van der Waals surface area contributed by atoms with Crippen molar-refractivity contribution in [3.63, 3.8) is 0 Å². The highest BCUT2D eigenvalue weighted by atomic mass is 16.5. The van der Waals surface area contributed by atoms with Gasteiger partial charge < -0.3 is 19.8 Å². The highest BCUT2D eigenvalue weighted by molar-refractivity contribution is 6.46. The number of Topliss-reactive ketones (excluding diaryl/α,β-unsaturated/α-hetero) is 1. The van der Waals surface area contributed by atoms with E-state index < -0.39 is 17.7 Å². The smallest absolute Gasteiger partial charge is 0.296 e. The van der Waals surface area contributed by atoms with E-state index in [0.29, 0.717) is 17.7 Å². The van der Waals surface area contributed by atoms with Crippen molar-refractivity contribution in [2.24, 2.45) is 0 Å². The molecule has 1 aliphatic rings. The first kappa shape index (κ1) is 19.0. The highest BCUT2D eigenvalue weighted by Crippen LogP contribution is 2.41. The summed E-state index contributed by atoms with van der Waals surface area (Å²) in [5.41, 5.74) is 0.707. The number of hydrogen-bond acceptors (Lipinski definition) is 6. The normalized spacial score (nSPS) is 18.1. The lowest BCUT2D eigenvalue weighted by molar-refractivity contribution is -0.139. The fourth-order valence-electron chi connectivity index (χ4n) is 3.19. The summed E-state index contributed by atoms with van der Waals surface area (Å²) in [5, 5.41) is 29.8. The predicted molar refractivity (Wildman–Crippen MR) is 100 cm³/mol. The van der Waals surface area contributed by atoms with Crippen LogP contribution in [0.5, 0.6) is 11.5 Å². The number of likely N-dealkylation sites (tertiary alicyclic amines) is 1. The van der Waals surface area contributed by atoms with E-state index in [9.17, 15) is 19.8 Å². The largest absolute Gasteiger partial charge is 0.507 e. The Balaban J connectivity index is 2.21. The molecule has 0 bridgehead atoms. The average molecular weight is 378 g/mol. The van der Waals surface area contributed by atoms with Gasteiger partial charge in [0.05, 0.1) is 24.3 Å². The van der Waals surface area contributed by atoms with Crippen LogP contribution in [0.3, 0.4) is 0 Å². The number of aliphatic hydroxyl groups is 1. The monoisotopic (exact) mass is 378 g/mol. The third kappa shape index (κ3) is 3.28. The highest BCUT2D eigenvalue weighted by Gasteiger charge is 2.46. The van der Waals surface area contributed by atoms with Crippen molar-refractivity contribution < 1.29 is 24.5 Å². The minimum absolute atomic E-state index is 0.0918. The number of carbonyl (C=O) groups is 2. The van der Waals surface area contributed by atoms with Crippen LogP contribution >= 0.6 is 0 Å². The molecule has 0 aromatic heterocycles. The summed E-state index contributed by atoms with van der Waals surface area (Å²) in [4.78, 5) is 26.3. The van der Waals surface area contributed by atoms with Crippen LogP contribution in [0.1, 0.15) is 24.1 Å². The van der Waals surface area contributed by atoms with Gasteiger partial charge in [-0.1, -0.05) is 36.4 Å². The summed E-state index contributed by atoms with van der Waals surface area (Å²) in [7, 11) is 0. The number of benzene rings is 2. The Morgan fingerprint density at radius 1 is 1.21 bits per heavy atom. The molecule has 3 rings (SSSR count). The average Bonchev–Trinajstić information content (AvgIpc) is 2.95. The lowest BCUT2D eigenvalue weighted by Crippen LogP contribution is -2.30. The van der Waals surface area contributed by atoms with E-state index >= 15 is 0 Å². The lowest BCUT2D eigenvalue weighted by atomic mass is 9.95. The predicted octanol–water partition coefficient (Wildman–Crippen LogP) is 2.74. The van der Waals surface area contributed by atoms with E-state index in [4.69, 9.17) is 10.00 Å². The van der Waals surface area contributed by atoms with E-state index in [1.165, 1.54) is 18.2 Å². The molecular weight excluding hydrogens is 360 g/mol.